The van der Waals surface area contributed by atoms with Crippen LogP contribution in [0, 0.1) is 11.7 Å². The van der Waals surface area contributed by atoms with Crippen LogP contribution in [0.25, 0.3) is 0 Å². The molecular formula is C13H15ClFNO4. The van der Waals surface area contributed by atoms with Crippen LogP contribution in [0.1, 0.15) is 18.6 Å². The summed E-state index contributed by atoms with van der Waals surface area (Å²) in [5.74, 6) is -3.42. The molecule has 5 nitrogen and oxygen atoms in total. The van der Waals surface area contributed by atoms with Gasteiger partial charge in [-0.2, -0.15) is 0 Å². The molecule has 0 heterocycles. The minimum Gasteiger partial charge on any atom is -0.481 e. The first-order chi connectivity index (χ1) is 9.23. The van der Waals surface area contributed by atoms with E-state index in [1.165, 1.54) is 26.1 Å². The largest absolute Gasteiger partial charge is 0.481 e. The van der Waals surface area contributed by atoms with Gasteiger partial charge in [0.1, 0.15) is 5.82 Å². The van der Waals surface area contributed by atoms with Crippen molar-refractivity contribution in [3.05, 3.63) is 34.6 Å². The number of aliphatic hydroxyl groups is 1. The number of carbonyl (C=O) groups excluding carboxylic acids is 1. The average Bonchev–Trinajstić information content (AvgIpc) is 2.36. The van der Waals surface area contributed by atoms with Gasteiger partial charge in [-0.3, -0.25) is 9.59 Å². The lowest BCUT2D eigenvalue weighted by molar-refractivity contribution is -0.145. The van der Waals surface area contributed by atoms with Crippen molar-refractivity contribution in [1.82, 2.24) is 4.90 Å². The van der Waals surface area contributed by atoms with Crippen LogP contribution in [0.2, 0.25) is 5.02 Å². The summed E-state index contributed by atoms with van der Waals surface area (Å²) < 4.78 is 13.6. The number of aliphatic carboxylic acids is 1. The van der Waals surface area contributed by atoms with E-state index in [0.29, 0.717) is 0 Å². The Morgan fingerprint density at radius 2 is 2.05 bits per heavy atom. The van der Waals surface area contributed by atoms with Gasteiger partial charge in [0.2, 0.25) is 0 Å². The molecule has 1 rings (SSSR count). The number of carboxylic acid groups (broad SMARTS) is 1. The van der Waals surface area contributed by atoms with Crippen LogP contribution in [0.15, 0.2) is 18.2 Å². The normalized spacial score (nSPS) is 13.7. The second-order valence-electron chi connectivity index (χ2n) is 4.53. The molecule has 0 fully saturated rings. The van der Waals surface area contributed by atoms with Crippen LogP contribution >= 0.6 is 11.6 Å². The van der Waals surface area contributed by atoms with E-state index in [1.807, 2.05) is 0 Å². The van der Waals surface area contributed by atoms with Crippen LogP contribution in [0.3, 0.4) is 0 Å². The summed E-state index contributed by atoms with van der Waals surface area (Å²) in [5, 5.41) is 18.8. The Morgan fingerprint density at radius 1 is 1.45 bits per heavy atom. The Kier molecular flexibility index (Phi) is 5.47. The molecule has 20 heavy (non-hydrogen) atoms. The van der Waals surface area contributed by atoms with Gasteiger partial charge in [0.05, 0.1) is 5.92 Å². The molecule has 7 heteroatoms. The zero-order valence-electron chi connectivity index (χ0n) is 11.0. The first kappa shape index (κ1) is 16.4. The predicted molar refractivity (Wildman–Crippen MR) is 70.8 cm³/mol. The Bertz CT molecular complexity index is 523. The van der Waals surface area contributed by atoms with E-state index in [0.717, 1.165) is 11.0 Å². The molecule has 0 spiro atoms. The average molecular weight is 304 g/mol. The van der Waals surface area contributed by atoms with E-state index in [2.05, 4.69) is 0 Å². The lowest BCUT2D eigenvalue weighted by Gasteiger charge is -2.22. The van der Waals surface area contributed by atoms with Gasteiger partial charge < -0.3 is 15.1 Å². The number of carbonyl (C=O) groups is 2. The zero-order chi connectivity index (χ0) is 15.4. The third kappa shape index (κ3) is 3.91. The third-order valence-electron chi connectivity index (χ3n) is 2.84. The van der Waals surface area contributed by atoms with Crippen molar-refractivity contribution in [1.29, 1.82) is 0 Å². The van der Waals surface area contributed by atoms with Crippen LogP contribution in [0.5, 0.6) is 0 Å². The molecule has 0 aliphatic carbocycles. The topological polar surface area (TPSA) is 77.8 Å². The SMILES string of the molecule is CC(CN(C)C(=O)C(O)c1ccc(Cl)cc1F)C(=O)O. The van der Waals surface area contributed by atoms with E-state index >= 15 is 0 Å². The maximum atomic E-state index is 13.6. The summed E-state index contributed by atoms with van der Waals surface area (Å²) in [6.45, 7) is 1.35. The van der Waals surface area contributed by atoms with E-state index in [-0.39, 0.29) is 17.1 Å². The van der Waals surface area contributed by atoms with Gasteiger partial charge in [0.25, 0.3) is 5.91 Å². The van der Waals surface area contributed by atoms with Crippen molar-refractivity contribution in [2.24, 2.45) is 5.92 Å². The van der Waals surface area contributed by atoms with Gasteiger partial charge in [-0.05, 0) is 12.1 Å². The quantitative estimate of drug-likeness (QED) is 0.868. The van der Waals surface area contributed by atoms with Crippen molar-refractivity contribution in [3.63, 3.8) is 0 Å². The molecule has 0 aromatic heterocycles. The maximum absolute atomic E-state index is 13.6. The highest BCUT2D eigenvalue weighted by Crippen LogP contribution is 2.22. The van der Waals surface area contributed by atoms with Crippen molar-refractivity contribution < 1.29 is 24.2 Å². The van der Waals surface area contributed by atoms with E-state index in [4.69, 9.17) is 16.7 Å². The molecule has 2 atom stereocenters. The van der Waals surface area contributed by atoms with Crippen molar-refractivity contribution >= 4 is 23.5 Å². The monoisotopic (exact) mass is 303 g/mol. The number of hydrogen-bond donors (Lipinski definition) is 2. The number of likely N-dealkylation sites (N-methyl/N-ethyl adjacent to an activating group) is 1. The molecule has 1 aromatic rings. The van der Waals surface area contributed by atoms with Crippen LogP contribution in [0.4, 0.5) is 4.39 Å². The second-order valence-corrected chi connectivity index (χ2v) is 4.96. The second kappa shape index (κ2) is 6.67. The molecular weight excluding hydrogens is 289 g/mol. The predicted octanol–water partition coefficient (Wildman–Crippen LogP) is 1.69. The van der Waals surface area contributed by atoms with Crippen molar-refractivity contribution in [3.8, 4) is 0 Å². The van der Waals surface area contributed by atoms with E-state index in [9.17, 15) is 19.1 Å². The zero-order valence-corrected chi connectivity index (χ0v) is 11.8. The molecule has 0 aliphatic heterocycles. The van der Waals surface area contributed by atoms with Crippen molar-refractivity contribution in [2.75, 3.05) is 13.6 Å². The highest BCUT2D eigenvalue weighted by molar-refractivity contribution is 6.30. The summed E-state index contributed by atoms with van der Waals surface area (Å²) in [5.41, 5.74) is -0.200. The van der Waals surface area contributed by atoms with Crippen LogP contribution in [-0.4, -0.2) is 40.6 Å². The first-order valence-corrected chi connectivity index (χ1v) is 6.22. The molecule has 110 valence electrons. The third-order valence-corrected chi connectivity index (χ3v) is 3.07. The molecule has 2 unspecified atom stereocenters. The number of halogens is 2. The molecule has 0 aliphatic rings. The maximum Gasteiger partial charge on any atom is 0.308 e. The minimum absolute atomic E-state index is 0.0829. The Labute approximate surface area is 120 Å². The molecule has 0 saturated heterocycles. The molecule has 0 bridgehead atoms. The highest BCUT2D eigenvalue weighted by atomic mass is 35.5. The lowest BCUT2D eigenvalue weighted by Crippen LogP contribution is -2.37. The number of benzene rings is 1. The smallest absolute Gasteiger partial charge is 0.308 e. The molecule has 2 N–H and O–H groups in total. The molecule has 0 radical (unpaired) electrons. The summed E-state index contributed by atoms with van der Waals surface area (Å²) in [6, 6.07) is 3.57. The summed E-state index contributed by atoms with van der Waals surface area (Å²) in [4.78, 5) is 23.7. The fourth-order valence-corrected chi connectivity index (χ4v) is 1.80. The summed E-state index contributed by atoms with van der Waals surface area (Å²) in [6.07, 6.45) is -1.70. The Balaban J connectivity index is 2.83. The lowest BCUT2D eigenvalue weighted by atomic mass is 10.1. The number of nitrogens with zero attached hydrogens (tertiary/aromatic N) is 1. The van der Waals surface area contributed by atoms with Gasteiger partial charge in [0, 0.05) is 24.2 Å². The number of rotatable bonds is 5. The first-order valence-electron chi connectivity index (χ1n) is 5.84. The van der Waals surface area contributed by atoms with E-state index in [1.54, 1.807) is 0 Å². The summed E-state index contributed by atoms with van der Waals surface area (Å²) >= 11 is 5.59. The van der Waals surface area contributed by atoms with Crippen molar-refractivity contribution in [2.45, 2.75) is 13.0 Å². The number of carboxylic acids is 1. The number of hydrogen-bond acceptors (Lipinski definition) is 3. The van der Waals surface area contributed by atoms with Gasteiger partial charge in [-0.15, -0.1) is 0 Å². The number of aliphatic hydroxyl groups excluding tert-OH is 1. The van der Waals surface area contributed by atoms with Crippen LogP contribution < -0.4 is 0 Å². The fourth-order valence-electron chi connectivity index (χ4n) is 1.64. The summed E-state index contributed by atoms with van der Waals surface area (Å²) in [7, 11) is 1.35. The fraction of sp³-hybridized carbons (Fsp3) is 0.385. The Morgan fingerprint density at radius 3 is 2.55 bits per heavy atom. The number of amides is 1. The van der Waals surface area contributed by atoms with Crippen LogP contribution in [-0.2, 0) is 9.59 Å². The standard InChI is InChI=1S/C13H15ClFNO4/c1-7(13(19)20)6-16(2)12(18)11(17)9-4-3-8(14)5-10(9)15/h3-5,7,11,17H,6H2,1-2H3,(H,19,20). The van der Waals surface area contributed by atoms with Gasteiger partial charge in [-0.1, -0.05) is 24.6 Å². The van der Waals surface area contributed by atoms with Gasteiger partial charge in [-0.25, -0.2) is 4.39 Å². The molecule has 1 amide bonds. The molecule has 0 saturated carbocycles. The Hall–Kier alpha value is -1.66. The highest BCUT2D eigenvalue weighted by Gasteiger charge is 2.26. The van der Waals surface area contributed by atoms with Gasteiger partial charge >= 0.3 is 5.97 Å². The van der Waals surface area contributed by atoms with Gasteiger partial charge in [0.15, 0.2) is 6.10 Å². The van der Waals surface area contributed by atoms with E-state index < -0.39 is 29.7 Å². The minimum atomic E-state index is -1.70. The molecule has 1 aromatic carbocycles.